The molecule has 0 saturated carbocycles. The van der Waals surface area contributed by atoms with Crippen molar-refractivity contribution in [3.8, 4) is 0 Å². The smallest absolute Gasteiger partial charge is 0.237 e. The van der Waals surface area contributed by atoms with E-state index in [1.807, 2.05) is 6.92 Å². The second-order valence-electron chi connectivity index (χ2n) is 4.52. The van der Waals surface area contributed by atoms with Gasteiger partial charge in [-0.05, 0) is 37.6 Å². The number of carbonyl (C=O) groups excluding carboxylic acids is 1. The molecule has 0 spiro atoms. The van der Waals surface area contributed by atoms with Gasteiger partial charge in [0.15, 0.2) is 5.16 Å². The zero-order valence-corrected chi connectivity index (χ0v) is 13.2. The monoisotopic (exact) mass is 322 g/mol. The van der Waals surface area contributed by atoms with Gasteiger partial charge < -0.3 is 11.1 Å². The molecule has 110 valence electrons. The van der Waals surface area contributed by atoms with Crippen LogP contribution in [0.3, 0.4) is 0 Å². The van der Waals surface area contributed by atoms with E-state index in [2.05, 4.69) is 15.3 Å². The molecule has 0 fully saturated rings. The molecule has 0 aliphatic rings. The lowest BCUT2D eigenvalue weighted by Gasteiger charge is -2.12. The zero-order valence-electron chi connectivity index (χ0n) is 11.6. The molecule has 0 saturated heterocycles. The maximum absolute atomic E-state index is 12.2. The Hall–Kier alpha value is -1.79. The van der Waals surface area contributed by atoms with Gasteiger partial charge in [-0.1, -0.05) is 23.4 Å². The summed E-state index contributed by atoms with van der Waals surface area (Å²) in [4.78, 5) is 20.5. The van der Waals surface area contributed by atoms with Gasteiger partial charge in [-0.3, -0.25) is 4.79 Å². The highest BCUT2D eigenvalue weighted by Crippen LogP contribution is 2.25. The first kappa shape index (κ1) is 15.6. The quantitative estimate of drug-likeness (QED) is 0.513. The lowest BCUT2D eigenvalue weighted by atomic mass is 10.2. The van der Waals surface area contributed by atoms with Gasteiger partial charge in [-0.2, -0.15) is 0 Å². The summed E-state index contributed by atoms with van der Waals surface area (Å²) in [6.07, 6.45) is 3.43. The molecule has 1 unspecified atom stereocenters. The van der Waals surface area contributed by atoms with E-state index in [0.717, 1.165) is 5.56 Å². The molecule has 0 bridgehead atoms. The number of thioether (sulfide) groups is 1. The first-order chi connectivity index (χ1) is 9.95. The molecule has 0 radical (unpaired) electrons. The van der Waals surface area contributed by atoms with Crippen LogP contribution in [-0.2, 0) is 4.79 Å². The topological polar surface area (TPSA) is 80.9 Å². The highest BCUT2D eigenvalue weighted by atomic mass is 35.5. The molecule has 1 amide bonds. The van der Waals surface area contributed by atoms with Crippen molar-refractivity contribution in [1.82, 2.24) is 9.97 Å². The van der Waals surface area contributed by atoms with E-state index >= 15 is 0 Å². The fourth-order valence-corrected chi connectivity index (χ4v) is 2.41. The van der Waals surface area contributed by atoms with Crippen LogP contribution in [-0.4, -0.2) is 21.1 Å². The van der Waals surface area contributed by atoms with E-state index in [1.165, 1.54) is 11.8 Å². The third-order valence-electron chi connectivity index (χ3n) is 2.68. The van der Waals surface area contributed by atoms with Crippen molar-refractivity contribution in [3.05, 3.63) is 41.2 Å². The van der Waals surface area contributed by atoms with Crippen molar-refractivity contribution in [2.24, 2.45) is 0 Å². The SMILES string of the molecule is Cc1cnc(SC(C)C(=O)Nc2cc(Cl)ccc2N)nc1. The molecular weight excluding hydrogens is 308 g/mol. The fraction of sp³-hybridized carbons (Fsp3) is 0.214. The van der Waals surface area contributed by atoms with Crippen molar-refractivity contribution in [2.75, 3.05) is 11.1 Å². The lowest BCUT2D eigenvalue weighted by molar-refractivity contribution is -0.115. The standard InChI is InChI=1S/C14H15ClN4OS/c1-8-6-17-14(18-7-8)21-9(2)13(20)19-12-5-10(15)3-4-11(12)16/h3-7,9H,16H2,1-2H3,(H,19,20). The number of aryl methyl sites for hydroxylation is 1. The molecule has 7 heteroatoms. The maximum Gasteiger partial charge on any atom is 0.237 e. The van der Waals surface area contributed by atoms with Gasteiger partial charge in [-0.25, -0.2) is 9.97 Å². The Labute approximate surface area is 132 Å². The minimum atomic E-state index is -0.355. The number of hydrogen-bond donors (Lipinski definition) is 2. The molecule has 1 aromatic carbocycles. The molecule has 1 aromatic heterocycles. The van der Waals surface area contributed by atoms with E-state index in [9.17, 15) is 4.79 Å². The molecule has 0 aliphatic carbocycles. The summed E-state index contributed by atoms with van der Waals surface area (Å²) in [5.74, 6) is -0.182. The Balaban J connectivity index is 2.02. The van der Waals surface area contributed by atoms with Crippen molar-refractivity contribution >= 4 is 40.6 Å². The number of nitrogens with two attached hydrogens (primary N) is 1. The zero-order chi connectivity index (χ0) is 15.4. The number of nitrogen functional groups attached to an aromatic ring is 1. The van der Waals surface area contributed by atoms with E-state index in [1.54, 1.807) is 37.5 Å². The fourth-order valence-electron chi connectivity index (χ4n) is 1.52. The molecule has 3 N–H and O–H groups in total. The summed E-state index contributed by atoms with van der Waals surface area (Å²) in [6.45, 7) is 3.69. The van der Waals surface area contributed by atoms with Crippen LogP contribution in [0.2, 0.25) is 5.02 Å². The third kappa shape index (κ3) is 4.34. The second kappa shape index (κ2) is 6.78. The Morgan fingerprint density at radius 1 is 1.38 bits per heavy atom. The van der Waals surface area contributed by atoms with E-state index < -0.39 is 0 Å². The Morgan fingerprint density at radius 3 is 2.71 bits per heavy atom. The van der Waals surface area contributed by atoms with Gasteiger partial charge in [0.2, 0.25) is 5.91 Å². The Bertz CT molecular complexity index is 648. The number of rotatable bonds is 4. The summed E-state index contributed by atoms with van der Waals surface area (Å²) in [6, 6.07) is 4.94. The van der Waals surface area contributed by atoms with Gasteiger partial charge in [0, 0.05) is 17.4 Å². The predicted octanol–water partition coefficient (Wildman–Crippen LogP) is 3.14. The van der Waals surface area contributed by atoms with Crippen molar-refractivity contribution < 1.29 is 4.79 Å². The number of nitrogens with one attached hydrogen (secondary N) is 1. The van der Waals surface area contributed by atoms with Gasteiger partial charge in [0.25, 0.3) is 0 Å². The molecular formula is C14H15ClN4OS. The summed E-state index contributed by atoms with van der Waals surface area (Å²) in [7, 11) is 0. The third-order valence-corrected chi connectivity index (χ3v) is 3.91. The van der Waals surface area contributed by atoms with Gasteiger partial charge in [0.1, 0.15) is 0 Å². The molecule has 1 atom stereocenters. The van der Waals surface area contributed by atoms with Crippen LogP contribution in [0.15, 0.2) is 35.7 Å². The van der Waals surface area contributed by atoms with Crippen LogP contribution in [0.5, 0.6) is 0 Å². The minimum absolute atomic E-state index is 0.182. The molecule has 1 heterocycles. The number of nitrogens with zero attached hydrogens (tertiary/aromatic N) is 2. The van der Waals surface area contributed by atoms with Crippen LogP contribution in [0, 0.1) is 6.92 Å². The normalized spacial score (nSPS) is 12.0. The largest absolute Gasteiger partial charge is 0.397 e. The predicted molar refractivity (Wildman–Crippen MR) is 86.6 cm³/mol. The minimum Gasteiger partial charge on any atom is -0.397 e. The summed E-state index contributed by atoms with van der Waals surface area (Å²) < 4.78 is 0. The number of halogens is 1. The van der Waals surface area contributed by atoms with Crippen LogP contribution < -0.4 is 11.1 Å². The van der Waals surface area contributed by atoms with Crippen LogP contribution >= 0.6 is 23.4 Å². The molecule has 21 heavy (non-hydrogen) atoms. The number of benzene rings is 1. The summed E-state index contributed by atoms with van der Waals surface area (Å²) in [5.41, 5.74) is 7.75. The number of aromatic nitrogens is 2. The van der Waals surface area contributed by atoms with Crippen molar-refractivity contribution in [2.45, 2.75) is 24.3 Å². The highest BCUT2D eigenvalue weighted by Gasteiger charge is 2.17. The maximum atomic E-state index is 12.2. The van der Waals surface area contributed by atoms with Gasteiger partial charge >= 0.3 is 0 Å². The van der Waals surface area contributed by atoms with Crippen LogP contribution in [0.25, 0.3) is 0 Å². The lowest BCUT2D eigenvalue weighted by Crippen LogP contribution is -2.23. The molecule has 0 aliphatic heterocycles. The van der Waals surface area contributed by atoms with Crippen LogP contribution in [0.1, 0.15) is 12.5 Å². The molecule has 5 nitrogen and oxygen atoms in total. The second-order valence-corrected chi connectivity index (χ2v) is 6.27. The first-order valence-corrected chi connectivity index (χ1v) is 7.52. The van der Waals surface area contributed by atoms with Gasteiger partial charge in [-0.15, -0.1) is 0 Å². The average molecular weight is 323 g/mol. The van der Waals surface area contributed by atoms with E-state index in [4.69, 9.17) is 17.3 Å². The summed E-state index contributed by atoms with van der Waals surface area (Å²) >= 11 is 7.17. The molecule has 2 rings (SSSR count). The number of anilines is 2. The van der Waals surface area contributed by atoms with Crippen molar-refractivity contribution in [3.63, 3.8) is 0 Å². The number of hydrogen-bond acceptors (Lipinski definition) is 5. The number of carbonyl (C=O) groups is 1. The Kier molecular flexibility index (Phi) is 5.03. The van der Waals surface area contributed by atoms with Gasteiger partial charge in [0.05, 0.1) is 16.6 Å². The number of amides is 1. The van der Waals surface area contributed by atoms with E-state index in [-0.39, 0.29) is 11.2 Å². The average Bonchev–Trinajstić information content (AvgIpc) is 2.45. The van der Waals surface area contributed by atoms with Crippen LogP contribution in [0.4, 0.5) is 11.4 Å². The summed E-state index contributed by atoms with van der Waals surface area (Å²) in [5, 5.41) is 3.48. The highest BCUT2D eigenvalue weighted by molar-refractivity contribution is 8.00. The van der Waals surface area contributed by atoms with E-state index in [0.29, 0.717) is 21.6 Å². The Morgan fingerprint density at radius 2 is 2.05 bits per heavy atom. The first-order valence-electron chi connectivity index (χ1n) is 6.27. The van der Waals surface area contributed by atoms with Crippen molar-refractivity contribution in [1.29, 1.82) is 0 Å². The molecule has 2 aromatic rings.